The molecule has 0 aromatic heterocycles. The van der Waals surface area contributed by atoms with Crippen LogP contribution >= 0.6 is 0 Å². The van der Waals surface area contributed by atoms with Crippen molar-refractivity contribution in [3.63, 3.8) is 0 Å². The lowest BCUT2D eigenvalue weighted by atomic mass is 9.94. The number of hydrogen-bond acceptors (Lipinski definition) is 3. The molecule has 0 atom stereocenters. The zero-order valence-electron chi connectivity index (χ0n) is 17.2. The molecular formula is C28H23O3-. The number of carbonyl (C=O) groups excluding carboxylic acids is 1. The summed E-state index contributed by atoms with van der Waals surface area (Å²) in [5.74, 6) is -0.207. The number of carboxylic acids is 1. The van der Waals surface area contributed by atoms with Gasteiger partial charge in [0.2, 0.25) is 0 Å². The van der Waals surface area contributed by atoms with Crippen molar-refractivity contribution >= 4 is 5.97 Å². The Labute approximate surface area is 182 Å². The first kappa shape index (κ1) is 20.4. The molecule has 0 aliphatic rings. The third-order valence-corrected chi connectivity index (χ3v) is 5.22. The summed E-state index contributed by atoms with van der Waals surface area (Å²) >= 11 is 0. The Morgan fingerprint density at radius 3 is 2.13 bits per heavy atom. The summed E-state index contributed by atoms with van der Waals surface area (Å²) in [6, 6.07) is 34.3. The highest BCUT2D eigenvalue weighted by molar-refractivity contribution is 5.78. The van der Waals surface area contributed by atoms with Crippen LogP contribution in [0.3, 0.4) is 0 Å². The molecule has 0 aliphatic heterocycles. The van der Waals surface area contributed by atoms with Crippen molar-refractivity contribution in [2.75, 3.05) is 0 Å². The number of hydrogen-bond donors (Lipinski definition) is 0. The number of benzene rings is 4. The maximum atomic E-state index is 10.9. The number of carbonyl (C=O) groups is 1. The lowest BCUT2D eigenvalue weighted by Gasteiger charge is -2.14. The lowest BCUT2D eigenvalue weighted by molar-refractivity contribution is -0.305. The summed E-state index contributed by atoms with van der Waals surface area (Å²) in [5, 5.41) is 10.9. The minimum atomic E-state index is -1.03. The van der Waals surface area contributed by atoms with Gasteiger partial charge >= 0.3 is 0 Å². The van der Waals surface area contributed by atoms with Gasteiger partial charge < -0.3 is 14.6 Å². The van der Waals surface area contributed by atoms with Crippen molar-refractivity contribution < 1.29 is 14.6 Å². The van der Waals surface area contributed by atoms with Gasteiger partial charge in [-0.1, -0.05) is 91.0 Å². The van der Waals surface area contributed by atoms with Crippen LogP contribution in [-0.4, -0.2) is 5.97 Å². The smallest absolute Gasteiger partial charge is 0.127 e. The van der Waals surface area contributed by atoms with E-state index in [2.05, 4.69) is 24.3 Å². The highest BCUT2D eigenvalue weighted by atomic mass is 16.5. The van der Waals surface area contributed by atoms with Gasteiger partial charge in [-0.25, -0.2) is 0 Å². The molecular weight excluding hydrogens is 384 g/mol. The SMILES string of the molecule is O=C([O-])CCc1ccccc1-c1cccc(-c2ccccc2OCc2ccccc2)c1. The van der Waals surface area contributed by atoms with Crippen LogP contribution in [0.25, 0.3) is 22.3 Å². The Bertz CT molecular complexity index is 1170. The molecule has 0 fully saturated rings. The Hall–Kier alpha value is -3.85. The molecule has 154 valence electrons. The maximum absolute atomic E-state index is 10.9. The van der Waals surface area contributed by atoms with Crippen molar-refractivity contribution in [1.29, 1.82) is 0 Å². The Morgan fingerprint density at radius 1 is 0.710 bits per heavy atom. The average Bonchev–Trinajstić information content (AvgIpc) is 2.82. The molecule has 0 radical (unpaired) electrons. The molecule has 0 bridgehead atoms. The Kier molecular flexibility index (Phi) is 6.44. The van der Waals surface area contributed by atoms with Gasteiger partial charge in [0.25, 0.3) is 0 Å². The van der Waals surface area contributed by atoms with E-state index in [0.717, 1.165) is 39.1 Å². The fourth-order valence-corrected chi connectivity index (χ4v) is 3.68. The highest BCUT2D eigenvalue weighted by Crippen LogP contribution is 2.34. The molecule has 0 saturated carbocycles. The molecule has 0 aliphatic carbocycles. The minimum absolute atomic E-state index is 0.00681. The molecule has 0 spiro atoms. The quantitative estimate of drug-likeness (QED) is 0.399. The molecule has 31 heavy (non-hydrogen) atoms. The monoisotopic (exact) mass is 407 g/mol. The molecule has 0 saturated heterocycles. The van der Waals surface area contributed by atoms with Crippen LogP contribution in [0.2, 0.25) is 0 Å². The first-order valence-corrected chi connectivity index (χ1v) is 10.3. The van der Waals surface area contributed by atoms with E-state index in [1.165, 1.54) is 0 Å². The van der Waals surface area contributed by atoms with E-state index in [1.807, 2.05) is 78.9 Å². The van der Waals surface area contributed by atoms with Crippen molar-refractivity contribution in [2.24, 2.45) is 0 Å². The number of carboxylic acid groups (broad SMARTS) is 1. The van der Waals surface area contributed by atoms with Crippen LogP contribution in [0.4, 0.5) is 0 Å². The first-order valence-electron chi connectivity index (χ1n) is 10.3. The van der Waals surface area contributed by atoms with Crippen molar-refractivity contribution in [3.05, 3.63) is 114 Å². The Balaban J connectivity index is 1.63. The third-order valence-electron chi connectivity index (χ3n) is 5.22. The molecule has 0 unspecified atom stereocenters. The van der Waals surface area contributed by atoms with E-state index in [1.54, 1.807) is 0 Å². The van der Waals surface area contributed by atoms with Crippen molar-refractivity contribution in [1.82, 2.24) is 0 Å². The molecule has 4 aromatic rings. The number of aryl methyl sites for hydroxylation is 1. The van der Waals surface area contributed by atoms with Gasteiger partial charge in [0.05, 0.1) is 0 Å². The van der Waals surface area contributed by atoms with Crippen LogP contribution in [0.15, 0.2) is 103 Å². The van der Waals surface area contributed by atoms with Gasteiger partial charge in [-0.05, 0) is 52.8 Å². The van der Waals surface area contributed by atoms with E-state index >= 15 is 0 Å². The van der Waals surface area contributed by atoms with E-state index in [9.17, 15) is 9.90 Å². The van der Waals surface area contributed by atoms with Gasteiger partial charge in [-0.15, -0.1) is 0 Å². The maximum Gasteiger partial charge on any atom is 0.127 e. The molecule has 4 aromatic carbocycles. The van der Waals surface area contributed by atoms with Crippen molar-refractivity contribution in [3.8, 4) is 28.0 Å². The lowest BCUT2D eigenvalue weighted by Crippen LogP contribution is -2.22. The van der Waals surface area contributed by atoms with Crippen LogP contribution in [0.1, 0.15) is 17.5 Å². The minimum Gasteiger partial charge on any atom is -0.550 e. The second-order valence-electron chi connectivity index (χ2n) is 7.38. The molecule has 3 heteroatoms. The van der Waals surface area contributed by atoms with Crippen LogP contribution < -0.4 is 9.84 Å². The van der Waals surface area contributed by atoms with Crippen molar-refractivity contribution in [2.45, 2.75) is 19.4 Å². The molecule has 4 rings (SSSR count). The Morgan fingerprint density at radius 2 is 1.35 bits per heavy atom. The summed E-state index contributed by atoms with van der Waals surface area (Å²) in [5.41, 5.74) is 6.27. The molecule has 0 heterocycles. The van der Waals surface area contributed by atoms with Gasteiger partial charge in [0.1, 0.15) is 12.4 Å². The zero-order valence-corrected chi connectivity index (χ0v) is 17.2. The predicted octanol–water partition coefficient (Wildman–Crippen LogP) is 5.28. The number of ether oxygens (including phenoxy) is 1. The highest BCUT2D eigenvalue weighted by Gasteiger charge is 2.10. The van der Waals surface area contributed by atoms with Gasteiger partial charge in [0.15, 0.2) is 0 Å². The fraction of sp³-hybridized carbons (Fsp3) is 0.107. The topological polar surface area (TPSA) is 49.4 Å². The number of aliphatic carboxylic acids is 1. The van der Waals surface area contributed by atoms with E-state index < -0.39 is 5.97 Å². The summed E-state index contributed by atoms with van der Waals surface area (Å²) in [7, 11) is 0. The van der Waals surface area contributed by atoms with Crippen LogP contribution in [-0.2, 0) is 17.8 Å². The number of rotatable bonds is 8. The summed E-state index contributed by atoms with van der Waals surface area (Å²) < 4.78 is 6.14. The predicted molar refractivity (Wildman–Crippen MR) is 121 cm³/mol. The number of para-hydroxylation sites is 1. The normalized spacial score (nSPS) is 10.6. The average molecular weight is 407 g/mol. The van der Waals surface area contributed by atoms with Crippen LogP contribution in [0.5, 0.6) is 5.75 Å². The van der Waals surface area contributed by atoms with E-state index in [4.69, 9.17) is 4.74 Å². The summed E-state index contributed by atoms with van der Waals surface area (Å²) in [6.07, 6.45) is 0.451. The third kappa shape index (κ3) is 5.20. The summed E-state index contributed by atoms with van der Waals surface area (Å²) in [6.45, 7) is 0.504. The summed E-state index contributed by atoms with van der Waals surface area (Å²) in [4.78, 5) is 10.9. The second-order valence-corrected chi connectivity index (χ2v) is 7.38. The second kappa shape index (κ2) is 9.77. The molecule has 0 amide bonds. The van der Waals surface area contributed by atoms with E-state index in [0.29, 0.717) is 13.0 Å². The standard InChI is InChI=1S/C28H24O3/c29-28(30)18-17-22-11-4-5-14-25(22)23-12-8-13-24(19-23)26-15-6-7-16-27(26)31-20-21-9-2-1-3-10-21/h1-16,19H,17-18,20H2,(H,29,30)/p-1. The van der Waals surface area contributed by atoms with Gasteiger partial charge in [-0.2, -0.15) is 0 Å². The van der Waals surface area contributed by atoms with Gasteiger partial charge in [0, 0.05) is 11.5 Å². The first-order chi connectivity index (χ1) is 15.2. The molecule has 0 N–H and O–H groups in total. The van der Waals surface area contributed by atoms with Crippen LogP contribution in [0, 0.1) is 0 Å². The fourth-order valence-electron chi connectivity index (χ4n) is 3.68. The zero-order chi connectivity index (χ0) is 21.5. The van der Waals surface area contributed by atoms with Gasteiger partial charge in [-0.3, -0.25) is 0 Å². The van der Waals surface area contributed by atoms with E-state index in [-0.39, 0.29) is 6.42 Å². The molecule has 3 nitrogen and oxygen atoms in total. The largest absolute Gasteiger partial charge is 0.550 e.